The number of nitrogens with one attached hydrogen (secondary N) is 1. The predicted octanol–water partition coefficient (Wildman–Crippen LogP) is 6.64. The number of anilines is 1. The molecular formula is C32H38ClFN6O. The molecule has 2 aromatic heterocycles. The lowest BCUT2D eigenvalue weighted by atomic mass is 9.83. The minimum atomic E-state index is -0.508. The molecule has 3 aliphatic rings. The van der Waals surface area contributed by atoms with Crippen LogP contribution in [0.2, 0.25) is 5.02 Å². The third kappa shape index (κ3) is 5.45. The number of hydrogen-bond donors (Lipinski definition) is 2. The molecule has 2 unspecified atom stereocenters. The summed E-state index contributed by atoms with van der Waals surface area (Å²) in [4.78, 5) is 16.3. The lowest BCUT2D eigenvalue weighted by molar-refractivity contribution is 0.164. The summed E-state index contributed by atoms with van der Waals surface area (Å²) in [6.07, 6.45) is 9.12. The normalized spacial score (nSPS) is 21.5. The molecule has 0 amide bonds. The number of aromatic nitrogens is 3. The van der Waals surface area contributed by atoms with E-state index in [1.807, 2.05) is 50.2 Å². The van der Waals surface area contributed by atoms with Gasteiger partial charge in [0.1, 0.15) is 23.6 Å². The minimum Gasteiger partial charge on any atom is -0.461 e. The number of halogens is 2. The van der Waals surface area contributed by atoms with Crippen LogP contribution in [0, 0.1) is 5.82 Å². The van der Waals surface area contributed by atoms with Gasteiger partial charge in [-0.2, -0.15) is 9.97 Å². The zero-order valence-electron chi connectivity index (χ0n) is 23.8. The summed E-state index contributed by atoms with van der Waals surface area (Å²) < 4.78 is 22.6. The van der Waals surface area contributed by atoms with E-state index in [0.29, 0.717) is 40.5 Å². The standard InChI is InChI=1S/C30H32ClFN6O.C2H6/c31-23-9-5-7-18-6-4-8-21(24(18)23)26-25(32)27-22(14-34-26)28(38-15-19-10-11-20(16-38)35-19)37-29(36-27)39-17-30(33)12-2-1-3-13-30;1-2/h4-9,14,19-20,35H,1-3,10-13,15-17,33H2;1-2H3. The van der Waals surface area contributed by atoms with E-state index < -0.39 is 11.4 Å². The first kappa shape index (κ1) is 28.1. The van der Waals surface area contributed by atoms with E-state index in [4.69, 9.17) is 27.1 Å². The highest BCUT2D eigenvalue weighted by atomic mass is 35.5. The van der Waals surface area contributed by atoms with Gasteiger partial charge in [0.05, 0.1) is 10.9 Å². The lowest BCUT2D eigenvalue weighted by Gasteiger charge is -2.35. The van der Waals surface area contributed by atoms with Crippen molar-refractivity contribution >= 4 is 39.1 Å². The Bertz CT molecular complexity index is 1540. The summed E-state index contributed by atoms with van der Waals surface area (Å²) in [5.74, 6) is 0.156. The molecule has 4 aromatic rings. The Hall–Kier alpha value is -3.07. The van der Waals surface area contributed by atoms with Gasteiger partial charge < -0.3 is 20.7 Å². The van der Waals surface area contributed by atoms with Crippen LogP contribution in [0.5, 0.6) is 6.01 Å². The van der Waals surface area contributed by atoms with Gasteiger partial charge in [-0.3, -0.25) is 4.98 Å². The quantitative estimate of drug-likeness (QED) is 0.275. The van der Waals surface area contributed by atoms with Gasteiger partial charge in [0.15, 0.2) is 5.82 Å². The molecular weight excluding hydrogens is 539 g/mol. The van der Waals surface area contributed by atoms with E-state index in [-0.39, 0.29) is 17.2 Å². The number of hydrogen-bond acceptors (Lipinski definition) is 7. The van der Waals surface area contributed by atoms with E-state index in [1.54, 1.807) is 6.20 Å². The molecule has 2 saturated heterocycles. The van der Waals surface area contributed by atoms with Crippen LogP contribution in [0.4, 0.5) is 10.2 Å². The van der Waals surface area contributed by atoms with Crippen molar-refractivity contribution in [2.75, 3.05) is 24.6 Å². The highest BCUT2D eigenvalue weighted by Crippen LogP contribution is 2.38. The van der Waals surface area contributed by atoms with E-state index in [9.17, 15) is 0 Å². The monoisotopic (exact) mass is 576 g/mol. The highest BCUT2D eigenvalue weighted by molar-refractivity contribution is 6.36. The first-order valence-electron chi connectivity index (χ1n) is 14.9. The summed E-state index contributed by atoms with van der Waals surface area (Å²) in [6, 6.07) is 12.3. The Labute approximate surface area is 245 Å². The van der Waals surface area contributed by atoms with Gasteiger partial charge in [0, 0.05) is 47.3 Å². The fourth-order valence-electron chi connectivity index (χ4n) is 6.59. The topological polar surface area (TPSA) is 89.2 Å². The Morgan fingerprint density at radius 2 is 1.76 bits per heavy atom. The Morgan fingerprint density at radius 1 is 1.05 bits per heavy atom. The van der Waals surface area contributed by atoms with E-state index in [0.717, 1.165) is 62.4 Å². The number of rotatable bonds is 5. The summed E-state index contributed by atoms with van der Waals surface area (Å²) in [5, 5.41) is 6.47. The van der Waals surface area contributed by atoms with E-state index in [2.05, 4.69) is 20.2 Å². The average molecular weight is 577 g/mol. The Kier molecular flexibility index (Phi) is 7.99. The molecule has 2 bridgehead atoms. The molecule has 1 aliphatic carbocycles. The Morgan fingerprint density at radius 3 is 2.49 bits per heavy atom. The zero-order valence-corrected chi connectivity index (χ0v) is 24.6. The van der Waals surface area contributed by atoms with Crippen LogP contribution in [0.15, 0.2) is 42.6 Å². The first-order chi connectivity index (χ1) is 20.0. The number of pyridine rings is 1. The summed E-state index contributed by atoms with van der Waals surface area (Å²) in [7, 11) is 0. The number of nitrogens with zero attached hydrogens (tertiary/aromatic N) is 4. The van der Waals surface area contributed by atoms with Crippen LogP contribution in [0.3, 0.4) is 0 Å². The molecule has 7 nitrogen and oxygen atoms in total. The van der Waals surface area contributed by atoms with Crippen LogP contribution in [-0.4, -0.2) is 52.3 Å². The van der Waals surface area contributed by atoms with Gasteiger partial charge in [-0.25, -0.2) is 4.39 Å². The van der Waals surface area contributed by atoms with Crippen LogP contribution in [0.25, 0.3) is 32.9 Å². The predicted molar refractivity (Wildman–Crippen MR) is 164 cm³/mol. The van der Waals surface area contributed by atoms with Crippen LogP contribution in [0.1, 0.15) is 58.8 Å². The molecule has 2 aromatic carbocycles. The molecule has 41 heavy (non-hydrogen) atoms. The molecule has 3 fully saturated rings. The number of fused-ring (bicyclic) bond motifs is 4. The van der Waals surface area contributed by atoms with Crippen molar-refractivity contribution < 1.29 is 9.13 Å². The van der Waals surface area contributed by atoms with Crippen molar-refractivity contribution in [1.29, 1.82) is 0 Å². The maximum absolute atomic E-state index is 16.5. The van der Waals surface area contributed by atoms with Crippen LogP contribution < -0.4 is 20.7 Å². The second kappa shape index (κ2) is 11.7. The van der Waals surface area contributed by atoms with Crippen LogP contribution >= 0.6 is 11.6 Å². The van der Waals surface area contributed by atoms with E-state index >= 15 is 4.39 Å². The lowest BCUT2D eigenvalue weighted by Crippen LogP contribution is -2.51. The minimum absolute atomic E-state index is 0.158. The van der Waals surface area contributed by atoms with Crippen LogP contribution in [-0.2, 0) is 0 Å². The average Bonchev–Trinajstić information content (AvgIpc) is 3.34. The van der Waals surface area contributed by atoms with Crippen molar-refractivity contribution in [2.24, 2.45) is 5.73 Å². The molecule has 4 heterocycles. The van der Waals surface area contributed by atoms with Gasteiger partial charge in [0.2, 0.25) is 0 Å². The van der Waals surface area contributed by atoms with Crippen molar-refractivity contribution in [3.8, 4) is 17.3 Å². The third-order valence-corrected chi connectivity index (χ3v) is 8.92. The van der Waals surface area contributed by atoms with Gasteiger partial charge in [-0.15, -0.1) is 0 Å². The molecule has 0 radical (unpaired) electrons. The van der Waals surface area contributed by atoms with E-state index in [1.165, 1.54) is 6.42 Å². The fraction of sp³-hybridized carbons (Fsp3) is 0.469. The molecule has 216 valence electrons. The second-order valence-electron chi connectivity index (χ2n) is 11.4. The number of piperazine rings is 1. The molecule has 3 N–H and O–H groups in total. The molecule has 1 saturated carbocycles. The number of nitrogens with two attached hydrogens (primary N) is 1. The zero-order chi connectivity index (χ0) is 28.6. The molecule has 2 atom stereocenters. The maximum Gasteiger partial charge on any atom is 0.319 e. The molecule has 7 rings (SSSR count). The summed E-state index contributed by atoms with van der Waals surface area (Å²) >= 11 is 6.58. The fourth-order valence-corrected chi connectivity index (χ4v) is 6.87. The third-order valence-electron chi connectivity index (χ3n) is 8.61. The van der Waals surface area contributed by atoms with Crippen molar-refractivity contribution in [2.45, 2.75) is 76.4 Å². The SMILES string of the molecule is CC.NC1(COc2nc(N3CC4CCC(C3)N4)c3cnc(-c4cccc5cccc(Cl)c45)c(F)c3n2)CCCCC1. The Balaban J connectivity index is 0.00000148. The van der Waals surface area contributed by atoms with Gasteiger partial charge >= 0.3 is 6.01 Å². The highest BCUT2D eigenvalue weighted by Gasteiger charge is 2.35. The molecule has 0 spiro atoms. The van der Waals surface area contributed by atoms with Gasteiger partial charge in [-0.05, 0) is 37.1 Å². The second-order valence-corrected chi connectivity index (χ2v) is 11.8. The van der Waals surface area contributed by atoms with Gasteiger partial charge in [-0.1, -0.05) is 75.0 Å². The maximum atomic E-state index is 16.5. The molecule has 9 heteroatoms. The summed E-state index contributed by atoms with van der Waals surface area (Å²) in [6.45, 7) is 5.90. The largest absolute Gasteiger partial charge is 0.461 e. The number of ether oxygens (including phenoxy) is 1. The smallest absolute Gasteiger partial charge is 0.319 e. The van der Waals surface area contributed by atoms with Crippen molar-refractivity contribution in [3.05, 3.63) is 53.4 Å². The summed E-state index contributed by atoms with van der Waals surface area (Å²) in [5.41, 5.74) is 7.27. The first-order valence-corrected chi connectivity index (χ1v) is 15.3. The number of benzene rings is 2. The van der Waals surface area contributed by atoms with Crippen molar-refractivity contribution in [1.82, 2.24) is 20.3 Å². The molecule has 2 aliphatic heterocycles. The van der Waals surface area contributed by atoms with Gasteiger partial charge in [0.25, 0.3) is 0 Å². The van der Waals surface area contributed by atoms with Crippen molar-refractivity contribution in [3.63, 3.8) is 0 Å².